The van der Waals surface area contributed by atoms with E-state index in [1.165, 1.54) is 52.2 Å². The van der Waals surface area contributed by atoms with Crippen molar-refractivity contribution in [3.63, 3.8) is 0 Å². The van der Waals surface area contributed by atoms with Crippen LogP contribution in [0.2, 0.25) is 0 Å². The second-order valence-electron chi connectivity index (χ2n) is 6.97. The van der Waals surface area contributed by atoms with Gasteiger partial charge in [-0.3, -0.25) is 4.79 Å². The Morgan fingerprint density at radius 1 is 1.29 bits per heavy atom. The third-order valence-corrected chi connectivity index (χ3v) is 5.67. The van der Waals surface area contributed by atoms with Gasteiger partial charge in [0.2, 0.25) is 0 Å². The van der Waals surface area contributed by atoms with Crippen molar-refractivity contribution in [1.29, 1.82) is 0 Å². The van der Waals surface area contributed by atoms with Crippen LogP contribution in [-0.2, 0) is 9.53 Å². The Morgan fingerprint density at radius 2 is 2.00 bits per heavy atom. The van der Waals surface area contributed by atoms with Crippen LogP contribution >= 0.6 is 0 Å². The summed E-state index contributed by atoms with van der Waals surface area (Å²) in [6.07, 6.45) is 10.3. The number of hydrogen-bond acceptors (Lipinski definition) is 4. The van der Waals surface area contributed by atoms with Gasteiger partial charge in [0.05, 0.1) is 7.11 Å². The Bertz CT molecular complexity index is 346. The molecule has 0 aromatic heterocycles. The minimum atomic E-state index is -0.545. The third-order valence-electron chi connectivity index (χ3n) is 5.67. The Kier molecular flexibility index (Phi) is 6.06. The van der Waals surface area contributed by atoms with Crippen LogP contribution in [-0.4, -0.2) is 49.7 Å². The monoisotopic (exact) mass is 296 g/mol. The zero-order chi connectivity index (χ0) is 15.3. The summed E-state index contributed by atoms with van der Waals surface area (Å²) in [6.45, 7) is 4.31. The highest BCUT2D eigenvalue weighted by atomic mass is 16.5. The fourth-order valence-electron chi connectivity index (χ4n) is 4.20. The van der Waals surface area contributed by atoms with Crippen LogP contribution in [0.1, 0.15) is 58.3 Å². The highest BCUT2D eigenvalue weighted by Gasteiger charge is 2.35. The number of nitrogens with zero attached hydrogens (tertiary/aromatic N) is 1. The Balaban J connectivity index is 1.83. The van der Waals surface area contributed by atoms with Crippen molar-refractivity contribution in [3.05, 3.63) is 0 Å². The number of likely N-dealkylation sites (N-methyl/N-ethyl adjacent to an activating group) is 1. The molecule has 0 aromatic rings. The normalized spacial score (nSPS) is 29.5. The predicted octanol–water partition coefficient (Wildman–Crippen LogP) is 2.57. The first kappa shape index (κ1) is 16.8. The molecule has 1 saturated carbocycles. The van der Waals surface area contributed by atoms with Crippen LogP contribution < -0.4 is 5.32 Å². The van der Waals surface area contributed by atoms with E-state index >= 15 is 0 Å². The van der Waals surface area contributed by atoms with Crippen LogP contribution in [0.15, 0.2) is 0 Å². The molecule has 4 heteroatoms. The van der Waals surface area contributed by atoms with Crippen LogP contribution in [0.5, 0.6) is 0 Å². The molecule has 2 aliphatic rings. The lowest BCUT2D eigenvalue weighted by atomic mass is 9.78. The quantitative estimate of drug-likeness (QED) is 0.765. The van der Waals surface area contributed by atoms with Gasteiger partial charge in [0.15, 0.2) is 0 Å². The molecule has 0 amide bonds. The number of carbonyl (C=O) groups is 1. The van der Waals surface area contributed by atoms with Gasteiger partial charge in [-0.25, -0.2) is 0 Å². The first-order valence-electron chi connectivity index (χ1n) is 8.62. The van der Waals surface area contributed by atoms with E-state index in [-0.39, 0.29) is 5.97 Å². The van der Waals surface area contributed by atoms with Gasteiger partial charge in [-0.15, -0.1) is 0 Å². The van der Waals surface area contributed by atoms with Gasteiger partial charge in [-0.05, 0) is 71.5 Å². The summed E-state index contributed by atoms with van der Waals surface area (Å²) in [6, 6.07) is 0.812. The zero-order valence-corrected chi connectivity index (χ0v) is 14.0. The van der Waals surface area contributed by atoms with Crippen LogP contribution in [0, 0.1) is 5.92 Å². The van der Waals surface area contributed by atoms with E-state index in [1.54, 1.807) is 0 Å². The van der Waals surface area contributed by atoms with Crippen molar-refractivity contribution in [3.8, 4) is 0 Å². The Morgan fingerprint density at radius 3 is 2.71 bits per heavy atom. The molecule has 21 heavy (non-hydrogen) atoms. The average molecular weight is 296 g/mol. The van der Waals surface area contributed by atoms with Gasteiger partial charge in [0.1, 0.15) is 5.54 Å². The lowest BCUT2D eigenvalue weighted by molar-refractivity contribution is -0.148. The molecule has 1 aliphatic heterocycles. The standard InChI is InChI=1S/C17H32N2O2/c1-17(18-2,16(20)21-3)11-7-13-19-12-6-9-14-8-4-5-10-15(14)19/h14-15,18H,4-13H2,1-3H3/t14-,15-,17?/m1/s1. The molecule has 1 aliphatic carbocycles. The maximum Gasteiger partial charge on any atom is 0.325 e. The molecule has 0 aromatic carbocycles. The molecule has 122 valence electrons. The van der Waals surface area contributed by atoms with Crippen molar-refractivity contribution in [1.82, 2.24) is 10.2 Å². The SMILES string of the molecule is CNC(C)(CCCN1CCC[C@H]2CCCC[C@H]21)C(=O)OC. The van der Waals surface area contributed by atoms with Crippen molar-refractivity contribution >= 4 is 5.97 Å². The van der Waals surface area contributed by atoms with Crippen molar-refractivity contribution < 1.29 is 9.53 Å². The van der Waals surface area contributed by atoms with E-state index in [9.17, 15) is 4.79 Å². The van der Waals surface area contributed by atoms with Gasteiger partial charge in [0.25, 0.3) is 0 Å². The number of carbonyl (C=O) groups excluding carboxylic acids is 1. The van der Waals surface area contributed by atoms with E-state index in [2.05, 4.69) is 10.2 Å². The lowest BCUT2D eigenvalue weighted by Crippen LogP contribution is -2.50. The molecule has 2 fully saturated rings. The summed E-state index contributed by atoms with van der Waals surface area (Å²) < 4.78 is 4.92. The number of fused-ring (bicyclic) bond motifs is 1. The molecular weight excluding hydrogens is 264 g/mol. The second kappa shape index (κ2) is 7.59. The number of ether oxygens (including phenoxy) is 1. The second-order valence-corrected chi connectivity index (χ2v) is 6.97. The summed E-state index contributed by atoms with van der Waals surface area (Å²) in [5, 5.41) is 3.13. The molecule has 1 heterocycles. The Hall–Kier alpha value is -0.610. The topological polar surface area (TPSA) is 41.6 Å². The highest BCUT2D eigenvalue weighted by Crippen LogP contribution is 2.35. The fourth-order valence-corrected chi connectivity index (χ4v) is 4.20. The minimum absolute atomic E-state index is 0.154. The molecule has 1 N–H and O–H groups in total. The van der Waals surface area contributed by atoms with E-state index in [0.717, 1.165) is 31.3 Å². The zero-order valence-electron chi connectivity index (χ0n) is 14.0. The van der Waals surface area contributed by atoms with Crippen LogP contribution in [0.25, 0.3) is 0 Å². The minimum Gasteiger partial charge on any atom is -0.468 e. The summed E-state index contributed by atoms with van der Waals surface area (Å²) in [5.74, 6) is 0.781. The first-order valence-corrected chi connectivity index (χ1v) is 8.62. The van der Waals surface area contributed by atoms with Crippen LogP contribution in [0.3, 0.4) is 0 Å². The number of piperidine rings is 1. The van der Waals surface area contributed by atoms with Crippen molar-refractivity contribution in [2.24, 2.45) is 5.92 Å². The largest absolute Gasteiger partial charge is 0.468 e. The molecule has 2 rings (SSSR count). The van der Waals surface area contributed by atoms with E-state index in [4.69, 9.17) is 4.74 Å². The lowest BCUT2D eigenvalue weighted by Gasteiger charge is -2.44. The number of methoxy groups -OCH3 is 1. The number of hydrogen-bond donors (Lipinski definition) is 1. The maximum absolute atomic E-state index is 11.9. The number of rotatable bonds is 6. The van der Waals surface area contributed by atoms with Gasteiger partial charge in [0, 0.05) is 6.04 Å². The Labute approximate surface area is 129 Å². The number of nitrogens with one attached hydrogen (secondary N) is 1. The van der Waals surface area contributed by atoms with Gasteiger partial charge < -0.3 is 15.0 Å². The summed E-state index contributed by atoms with van der Waals surface area (Å²) in [7, 11) is 3.31. The molecule has 3 atom stereocenters. The highest BCUT2D eigenvalue weighted by molar-refractivity contribution is 5.80. The van der Waals surface area contributed by atoms with Gasteiger partial charge >= 0.3 is 5.97 Å². The first-order chi connectivity index (χ1) is 10.1. The summed E-state index contributed by atoms with van der Waals surface area (Å²) in [5.41, 5.74) is -0.545. The number of likely N-dealkylation sites (tertiary alicyclic amines) is 1. The molecule has 1 unspecified atom stereocenters. The van der Waals surface area contributed by atoms with Gasteiger partial charge in [-0.2, -0.15) is 0 Å². The summed E-state index contributed by atoms with van der Waals surface area (Å²) >= 11 is 0. The third kappa shape index (κ3) is 3.98. The maximum atomic E-state index is 11.9. The predicted molar refractivity (Wildman–Crippen MR) is 85.3 cm³/mol. The van der Waals surface area contributed by atoms with Gasteiger partial charge in [-0.1, -0.05) is 12.8 Å². The summed E-state index contributed by atoms with van der Waals surface area (Å²) in [4.78, 5) is 14.6. The van der Waals surface area contributed by atoms with Crippen molar-refractivity contribution in [2.45, 2.75) is 69.9 Å². The van der Waals surface area contributed by atoms with E-state index in [1.807, 2.05) is 14.0 Å². The fraction of sp³-hybridized carbons (Fsp3) is 0.941. The molecular formula is C17H32N2O2. The smallest absolute Gasteiger partial charge is 0.325 e. The molecule has 0 spiro atoms. The van der Waals surface area contributed by atoms with E-state index < -0.39 is 5.54 Å². The average Bonchev–Trinajstić information content (AvgIpc) is 2.54. The van der Waals surface area contributed by atoms with E-state index in [0.29, 0.717) is 0 Å². The van der Waals surface area contributed by atoms with Crippen molar-refractivity contribution in [2.75, 3.05) is 27.2 Å². The number of esters is 1. The molecule has 1 saturated heterocycles. The molecule has 4 nitrogen and oxygen atoms in total. The van der Waals surface area contributed by atoms with Crippen LogP contribution in [0.4, 0.5) is 0 Å². The molecule has 0 bridgehead atoms. The molecule has 0 radical (unpaired) electrons.